The summed E-state index contributed by atoms with van der Waals surface area (Å²) < 4.78 is 32.1. The van der Waals surface area contributed by atoms with E-state index in [1.165, 1.54) is 9.80 Å². The number of Topliss-reactive ketones (excluding diaryl/α,β-unsaturated/α-hetero) is 1. The molecule has 3 aliphatic rings. The molecular weight excluding hydrogens is 1800 g/mol. The molecule has 812 valence electrons. The Hall–Kier alpha value is -8.76. The first-order chi connectivity index (χ1) is 65.4. The molecule has 1 heterocycles. The number of carbonyl (C=O) groups excluding carboxylic acids is 12. The van der Waals surface area contributed by atoms with Crippen molar-refractivity contribution in [3.63, 3.8) is 0 Å². The minimum absolute atomic E-state index is 0.00977. The molecule has 0 aromatic carbocycles. The highest BCUT2D eigenvalue weighted by Crippen LogP contribution is 2.34. The van der Waals surface area contributed by atoms with Crippen molar-refractivity contribution in [3.8, 4) is 0 Å². The van der Waals surface area contributed by atoms with Gasteiger partial charge in [-0.3, -0.25) is 62.7 Å². The Morgan fingerprint density at radius 2 is 0.857 bits per heavy atom. The number of carbonyl (C=O) groups is 14. The second kappa shape index (κ2) is 79.7. The first-order valence-corrected chi connectivity index (χ1v) is 51.0. The molecule has 1 aliphatic heterocycles. The molecule has 33 nitrogen and oxygen atoms in total. The number of hydroxylamine groups is 2. The van der Waals surface area contributed by atoms with Gasteiger partial charge >= 0.3 is 35.8 Å². The fourth-order valence-electron chi connectivity index (χ4n) is 15.9. The maximum atomic E-state index is 13.3. The van der Waals surface area contributed by atoms with Crippen LogP contribution in [0.4, 0.5) is 0 Å². The first kappa shape index (κ1) is 140. The number of aliphatic hydroxyl groups is 3. The summed E-state index contributed by atoms with van der Waals surface area (Å²) in [5.74, 6) is -6.42. The molecule has 2 saturated carbocycles. The van der Waals surface area contributed by atoms with E-state index in [1.807, 2.05) is 137 Å². The van der Waals surface area contributed by atoms with Crippen molar-refractivity contribution >= 4 is 84.5 Å². The molecule has 0 aromatic rings. The van der Waals surface area contributed by atoms with Crippen molar-refractivity contribution < 1.29 is 126 Å². The highest BCUT2D eigenvalue weighted by atomic mass is 16.6. The van der Waals surface area contributed by atoms with E-state index in [0.29, 0.717) is 127 Å². The van der Waals surface area contributed by atoms with E-state index in [0.717, 1.165) is 143 Å². The lowest BCUT2D eigenvalue weighted by molar-refractivity contribution is -0.170. The summed E-state index contributed by atoms with van der Waals surface area (Å²) in [6.07, 6.45) is 22.5. The molecule has 2 aliphatic carbocycles. The van der Waals surface area contributed by atoms with Crippen molar-refractivity contribution in [2.75, 3.05) is 54.6 Å². The third-order valence-electron chi connectivity index (χ3n) is 23.0. The van der Waals surface area contributed by atoms with E-state index in [9.17, 15) is 87.7 Å². The van der Waals surface area contributed by atoms with E-state index < -0.39 is 101 Å². The fraction of sp³-hybridized carbons (Fsp3) is 0.776. The minimum atomic E-state index is -0.951. The second-order valence-electron chi connectivity index (χ2n) is 39.9. The minimum Gasteiger partial charge on any atom is -0.481 e. The lowest BCUT2D eigenvalue weighted by Crippen LogP contribution is -2.58. The van der Waals surface area contributed by atoms with Crippen LogP contribution in [0.15, 0.2) is 60.8 Å². The number of hydrogen-bond donors (Lipinski definition) is 9. The zero-order valence-electron chi connectivity index (χ0n) is 91.3. The van der Waals surface area contributed by atoms with Gasteiger partial charge in [-0.25, -0.2) is 14.7 Å². The number of likely N-dealkylation sites (tertiary alicyclic amines) is 1. The van der Waals surface area contributed by atoms with Crippen LogP contribution >= 0.6 is 0 Å². The summed E-state index contributed by atoms with van der Waals surface area (Å²) in [6.45, 7) is 63.6. The Morgan fingerprint density at radius 3 is 1.20 bits per heavy atom. The molecule has 7 amide bonds. The molecule has 3 rings (SSSR count). The monoisotopic (exact) mass is 1990 g/mol. The van der Waals surface area contributed by atoms with Crippen molar-refractivity contribution in [3.05, 3.63) is 60.8 Å². The Bertz CT molecular complexity index is 3590. The predicted octanol–water partition coefficient (Wildman–Crippen LogP) is 16.9. The first-order valence-electron chi connectivity index (χ1n) is 51.0. The van der Waals surface area contributed by atoms with Gasteiger partial charge in [-0.2, -0.15) is 0 Å². The van der Waals surface area contributed by atoms with Crippen LogP contribution < -0.4 is 16.0 Å². The van der Waals surface area contributed by atoms with Crippen LogP contribution in [0.1, 0.15) is 365 Å². The number of β-lactam (4-membered cyclic amide) rings is 1. The van der Waals surface area contributed by atoms with Gasteiger partial charge in [0.1, 0.15) is 24.4 Å². The number of carboxylic acids is 2. The van der Waals surface area contributed by atoms with Crippen LogP contribution in [0.3, 0.4) is 0 Å². The zero-order valence-corrected chi connectivity index (χ0v) is 91.3. The standard InChI is InChI=1S/C24H42N2O5.C23H42N2O6.C12H21NO3.C11H21NO2.C11H19NO.C10H18O3.C8H16O3.C8H14O3/c1-8-11-21(26(7)16-27)19(14-17(2)3)22(28)25-20(15-30-24(4,5)6)23(29)31-18-12-9-10-13-18;1-7-10-20(25(29)15-26)18(13-16(2)3)21(27)24-19(14-30-23(4,5)6)22(28)31-17-11-8-9-12-17;1-5-6-11(13(4)8-14)10(12(15)16)7-9(2)3;1-5-6-10(13)9(7-8(2)3)11(14)12-4;1-5-6-10-9(7-8(2)3)11(13)12(10)4;1-4-5-9(11)8(10(12)13)6-7(2)3;2*1-3-5-7(9)6-8(10)11-4-2/h16,18-21H,2,8-15H2,1,3-7H3,(H,25,28);15-20,29H,7-14H2,1-6H3,(H,24,27);8,10-11H,2,5-7H2,1,3-4H3,(H,15,16);9-10,13H,2,5-7H2,1,3-4H3,(H,12,14);9-10H,2,5-7H2,1,3-4H3;8-9,11H,2,4-6H2,1,3H3,(H,12,13);7,9H,3-6H2,1-2H3;3-6H2,1-2H3/t19-,20+,21+;18-,19+,20+;10-,11+;9-,10-;9-,10+;8-,9-;7-;/m1111111./s1. The van der Waals surface area contributed by atoms with E-state index in [2.05, 4.69) is 65.2 Å². The topological polar surface area (TPSA) is 465 Å². The van der Waals surface area contributed by atoms with Gasteiger partial charge in [0, 0.05) is 52.7 Å². The van der Waals surface area contributed by atoms with Gasteiger partial charge in [-0.05, 0) is 237 Å². The molecule has 0 bridgehead atoms. The molecule has 0 radical (unpaired) electrons. The summed E-state index contributed by atoms with van der Waals surface area (Å²) in [5, 5.41) is 65.3. The number of nitrogens with one attached hydrogen (secondary N) is 3. The van der Waals surface area contributed by atoms with Gasteiger partial charge in [0.05, 0.1) is 104 Å². The van der Waals surface area contributed by atoms with Gasteiger partial charge in [-0.1, -0.05) is 142 Å². The van der Waals surface area contributed by atoms with Crippen molar-refractivity contribution in [2.24, 2.45) is 41.4 Å². The van der Waals surface area contributed by atoms with Gasteiger partial charge in [0.15, 0.2) is 12.1 Å². The summed E-state index contributed by atoms with van der Waals surface area (Å²) in [4.78, 5) is 168. The largest absolute Gasteiger partial charge is 0.481 e. The number of hydrogen-bond acceptors (Lipinski definition) is 24. The Morgan fingerprint density at radius 1 is 0.486 bits per heavy atom. The number of carboxylic acid groups (broad SMARTS) is 2. The van der Waals surface area contributed by atoms with Crippen LogP contribution in [0.5, 0.6) is 0 Å². The number of aliphatic hydroxyl groups excluding tert-OH is 3. The average molecular weight is 1990 g/mol. The highest BCUT2D eigenvalue weighted by molar-refractivity contribution is 5.95. The van der Waals surface area contributed by atoms with E-state index in [-0.39, 0.29) is 97.6 Å². The number of rotatable bonds is 60. The van der Waals surface area contributed by atoms with E-state index >= 15 is 0 Å². The molecule has 9 N–H and O–H groups in total. The number of amides is 7. The predicted molar refractivity (Wildman–Crippen MR) is 549 cm³/mol. The summed E-state index contributed by atoms with van der Waals surface area (Å²) in [6, 6.07) is -2.59. The van der Waals surface area contributed by atoms with Crippen LogP contribution in [0, 0.1) is 41.4 Å². The Labute approximate surface area is 841 Å². The maximum Gasteiger partial charge on any atom is 0.331 e. The van der Waals surface area contributed by atoms with Crippen LogP contribution in [0.2, 0.25) is 0 Å². The number of ether oxygens (including phenoxy) is 6. The van der Waals surface area contributed by atoms with E-state index in [1.54, 1.807) is 48.8 Å². The zero-order chi connectivity index (χ0) is 109. The summed E-state index contributed by atoms with van der Waals surface area (Å²) >= 11 is 0. The highest BCUT2D eigenvalue weighted by Gasteiger charge is 2.44. The lowest BCUT2D eigenvalue weighted by atomic mass is 9.81. The number of allylic oxidation sites excluding steroid dienone is 5. The number of nitrogens with zero attached hydrogens (tertiary/aromatic N) is 4. The van der Waals surface area contributed by atoms with Gasteiger partial charge in [0.25, 0.3) is 0 Å². The Balaban J connectivity index is -0.000000515. The molecular formula is C107H193N7O26. The molecule has 0 aromatic heterocycles. The molecule has 0 unspecified atom stereocenters. The average Bonchev–Trinajstić information content (AvgIpc) is 1.23. The van der Waals surface area contributed by atoms with Crippen molar-refractivity contribution in [1.29, 1.82) is 0 Å². The lowest BCUT2D eigenvalue weighted by Gasteiger charge is -2.45. The van der Waals surface area contributed by atoms with Crippen molar-refractivity contribution in [1.82, 2.24) is 35.7 Å². The maximum absolute atomic E-state index is 13.3. The number of esters is 4. The third kappa shape index (κ3) is 66.2. The molecule has 0 spiro atoms. The molecule has 1 saturated heterocycles. The number of aliphatic carboxylic acids is 2. The SMILES string of the molecule is C=C(C)C[C@@H](C(=O)NC)[C@H](O)CCC.C=C(C)C[C@@H](C(=O)N[C@@H](COC(C)(C)C)C(=O)OC1CCCC1)[C@H](CCC)N(C)C=O.C=C(C)C[C@@H](C(=O)O)[C@H](CCC)N(C)C=O.C=C(C)C[C@@H](C(=O)O)[C@H](O)CCC.C=C(C)C[C@H]1C(=O)N(C)[C@H]1CCC.CCCC(=O)CC(=O)OCC.CCC[C@@H](O)CC(=O)OCC.CCC[C@@H]([C@@H](CC(C)C)C(=O)N[C@@H](COC(C)(C)C)C(=O)OC1CCCC1)N(O)C=O. The van der Waals surface area contributed by atoms with Crippen LogP contribution in [-0.2, 0) is 95.5 Å². The Kier molecular flexibility index (Phi) is 79.5. The van der Waals surface area contributed by atoms with Crippen molar-refractivity contribution in [2.45, 2.75) is 443 Å². The second-order valence-corrected chi connectivity index (χ2v) is 39.9. The van der Waals surface area contributed by atoms with E-state index in [4.69, 9.17) is 29.2 Å². The molecule has 140 heavy (non-hydrogen) atoms. The van der Waals surface area contributed by atoms with Gasteiger partial charge < -0.3 is 84.6 Å². The molecule has 3 fully saturated rings. The van der Waals surface area contributed by atoms with Gasteiger partial charge in [-0.15, -0.1) is 32.9 Å². The van der Waals surface area contributed by atoms with Crippen LogP contribution in [-0.4, -0.2) is 268 Å². The summed E-state index contributed by atoms with van der Waals surface area (Å²) in [7, 11) is 6.80. The third-order valence-corrected chi connectivity index (χ3v) is 23.0. The molecule has 33 heteroatoms. The van der Waals surface area contributed by atoms with Crippen LogP contribution in [0.25, 0.3) is 0 Å². The number of ketones is 1. The fourth-order valence-corrected chi connectivity index (χ4v) is 15.9. The molecule has 15 atom stereocenters. The summed E-state index contributed by atoms with van der Waals surface area (Å²) in [5.41, 5.74) is 3.56. The smallest absolute Gasteiger partial charge is 0.331 e. The normalized spacial score (nSPS) is 16.5. The quantitative estimate of drug-likeness (QED) is 0.00399. The van der Waals surface area contributed by atoms with Gasteiger partial charge in [0.2, 0.25) is 42.9 Å².